The minimum atomic E-state index is -0.491. The van der Waals surface area contributed by atoms with E-state index in [1.165, 1.54) is 24.3 Å². The van der Waals surface area contributed by atoms with Gasteiger partial charge in [0.1, 0.15) is 5.75 Å². The van der Waals surface area contributed by atoms with Crippen LogP contribution in [-0.2, 0) is 0 Å². The normalized spacial score (nSPS) is 11.6. The molecule has 2 aromatic carbocycles. The van der Waals surface area contributed by atoms with Gasteiger partial charge in [-0.15, -0.1) is 0 Å². The predicted octanol–water partition coefficient (Wildman–Crippen LogP) is 3.44. The molecule has 0 N–H and O–H groups in total. The average Bonchev–Trinajstić information content (AvgIpc) is 2.59. The maximum Gasteiger partial charge on any atom is 0.269 e. The first-order valence-electron chi connectivity index (χ1n) is 7.10. The van der Waals surface area contributed by atoms with Crippen molar-refractivity contribution < 1.29 is 14.5 Å². The molecule has 23 heavy (non-hydrogen) atoms. The quantitative estimate of drug-likeness (QED) is 0.626. The molecule has 1 unspecified atom stereocenters. The van der Waals surface area contributed by atoms with E-state index in [9.17, 15) is 14.9 Å². The standard InChI is InChI=1S/C17H18N2O4/c1-12(15-6-4-5-7-16(15)23-3)18(2)17(20)13-8-10-14(11-9-13)19(21)22/h4-12H,1-3H3. The number of non-ortho nitro benzene ring substituents is 1. The zero-order valence-electron chi connectivity index (χ0n) is 13.2. The highest BCUT2D eigenvalue weighted by atomic mass is 16.6. The van der Waals surface area contributed by atoms with E-state index in [1.807, 2.05) is 31.2 Å². The lowest BCUT2D eigenvalue weighted by Gasteiger charge is -2.26. The van der Waals surface area contributed by atoms with Gasteiger partial charge in [0.25, 0.3) is 11.6 Å². The van der Waals surface area contributed by atoms with Crippen molar-refractivity contribution >= 4 is 11.6 Å². The molecule has 0 heterocycles. The second kappa shape index (κ2) is 6.91. The van der Waals surface area contributed by atoms with Crippen LogP contribution in [0.3, 0.4) is 0 Å². The van der Waals surface area contributed by atoms with Gasteiger partial charge < -0.3 is 9.64 Å². The largest absolute Gasteiger partial charge is 0.496 e. The van der Waals surface area contributed by atoms with Gasteiger partial charge in [-0.2, -0.15) is 0 Å². The molecule has 6 heteroatoms. The van der Waals surface area contributed by atoms with Crippen molar-refractivity contribution in [3.05, 3.63) is 69.8 Å². The summed E-state index contributed by atoms with van der Waals surface area (Å²) in [6, 6.07) is 12.9. The van der Waals surface area contributed by atoms with Crippen molar-refractivity contribution in [3.63, 3.8) is 0 Å². The van der Waals surface area contributed by atoms with Crippen molar-refractivity contribution in [2.75, 3.05) is 14.2 Å². The van der Waals surface area contributed by atoms with Crippen molar-refractivity contribution in [3.8, 4) is 5.75 Å². The number of ether oxygens (including phenoxy) is 1. The van der Waals surface area contributed by atoms with Crippen molar-refractivity contribution in [1.82, 2.24) is 4.90 Å². The molecule has 6 nitrogen and oxygen atoms in total. The topological polar surface area (TPSA) is 72.7 Å². The smallest absolute Gasteiger partial charge is 0.269 e. The van der Waals surface area contributed by atoms with Crippen LogP contribution in [0.25, 0.3) is 0 Å². The minimum Gasteiger partial charge on any atom is -0.496 e. The number of carbonyl (C=O) groups excluding carboxylic acids is 1. The molecule has 0 aromatic heterocycles. The Kier molecular flexibility index (Phi) is 4.95. The van der Waals surface area contributed by atoms with Crippen molar-refractivity contribution in [1.29, 1.82) is 0 Å². The summed E-state index contributed by atoms with van der Waals surface area (Å²) in [5.74, 6) is 0.502. The second-order valence-electron chi connectivity index (χ2n) is 5.14. The number of para-hydroxylation sites is 1. The molecule has 0 radical (unpaired) electrons. The summed E-state index contributed by atoms with van der Waals surface area (Å²) in [6.45, 7) is 1.90. The van der Waals surface area contributed by atoms with Gasteiger partial charge in [-0.3, -0.25) is 14.9 Å². The van der Waals surface area contributed by atoms with Crippen LogP contribution in [-0.4, -0.2) is 29.9 Å². The number of nitrogens with zero attached hydrogens (tertiary/aromatic N) is 2. The summed E-state index contributed by atoms with van der Waals surface area (Å²) in [4.78, 5) is 24.3. The van der Waals surface area contributed by atoms with E-state index in [2.05, 4.69) is 0 Å². The third kappa shape index (κ3) is 3.48. The Hall–Kier alpha value is -2.89. The average molecular weight is 314 g/mol. The third-order valence-corrected chi connectivity index (χ3v) is 3.82. The maximum absolute atomic E-state index is 12.6. The number of methoxy groups -OCH3 is 1. The summed E-state index contributed by atoms with van der Waals surface area (Å²) in [6.07, 6.45) is 0. The molecule has 1 atom stereocenters. The van der Waals surface area contributed by atoms with E-state index < -0.39 is 4.92 Å². The lowest BCUT2D eigenvalue weighted by Crippen LogP contribution is -2.29. The molecule has 2 rings (SSSR count). The van der Waals surface area contributed by atoms with Gasteiger partial charge in [-0.1, -0.05) is 18.2 Å². The highest BCUT2D eigenvalue weighted by Gasteiger charge is 2.21. The Bertz CT molecular complexity index is 713. The van der Waals surface area contributed by atoms with E-state index in [0.717, 1.165) is 5.56 Å². The summed E-state index contributed by atoms with van der Waals surface area (Å²) in [7, 11) is 3.28. The number of carbonyl (C=O) groups is 1. The lowest BCUT2D eigenvalue weighted by atomic mass is 10.0. The number of nitro groups is 1. The van der Waals surface area contributed by atoms with Crippen LogP contribution in [0.4, 0.5) is 5.69 Å². The zero-order valence-corrected chi connectivity index (χ0v) is 13.2. The summed E-state index contributed by atoms with van der Waals surface area (Å²) in [5.41, 5.74) is 1.26. The number of hydrogen-bond donors (Lipinski definition) is 0. The van der Waals surface area contributed by atoms with Gasteiger partial charge in [0.2, 0.25) is 0 Å². The predicted molar refractivity (Wildman–Crippen MR) is 86.6 cm³/mol. The number of hydrogen-bond acceptors (Lipinski definition) is 4. The fourth-order valence-corrected chi connectivity index (χ4v) is 2.33. The summed E-state index contributed by atoms with van der Waals surface area (Å²) < 4.78 is 5.33. The van der Waals surface area contributed by atoms with E-state index in [1.54, 1.807) is 19.1 Å². The lowest BCUT2D eigenvalue weighted by molar-refractivity contribution is -0.384. The van der Waals surface area contributed by atoms with Gasteiger partial charge >= 0.3 is 0 Å². The SMILES string of the molecule is COc1ccccc1C(C)N(C)C(=O)c1ccc([N+](=O)[O-])cc1. The molecule has 0 saturated heterocycles. The molecule has 0 aliphatic carbocycles. The van der Waals surface area contributed by atoms with E-state index in [-0.39, 0.29) is 17.6 Å². The van der Waals surface area contributed by atoms with Crippen LogP contribution in [0.1, 0.15) is 28.9 Å². The first kappa shape index (κ1) is 16.5. The Morgan fingerprint density at radius 3 is 2.35 bits per heavy atom. The van der Waals surface area contributed by atoms with Crippen molar-refractivity contribution in [2.24, 2.45) is 0 Å². The molecule has 0 spiro atoms. The summed E-state index contributed by atoms with van der Waals surface area (Å²) in [5, 5.41) is 10.7. The molecule has 0 fully saturated rings. The molecular weight excluding hydrogens is 296 g/mol. The zero-order chi connectivity index (χ0) is 17.0. The highest BCUT2D eigenvalue weighted by molar-refractivity contribution is 5.94. The molecule has 120 valence electrons. The number of rotatable bonds is 5. The monoisotopic (exact) mass is 314 g/mol. The number of amides is 1. The molecule has 0 bridgehead atoms. The molecule has 0 aliphatic heterocycles. The van der Waals surface area contributed by atoms with Crippen LogP contribution >= 0.6 is 0 Å². The van der Waals surface area contributed by atoms with Crippen LogP contribution in [0, 0.1) is 10.1 Å². The maximum atomic E-state index is 12.6. The summed E-state index contributed by atoms with van der Waals surface area (Å²) >= 11 is 0. The van der Waals surface area contributed by atoms with Crippen LogP contribution in [0.2, 0.25) is 0 Å². The minimum absolute atomic E-state index is 0.0398. The third-order valence-electron chi connectivity index (χ3n) is 3.82. The Morgan fingerprint density at radius 2 is 1.78 bits per heavy atom. The van der Waals surface area contributed by atoms with Crippen LogP contribution in [0.15, 0.2) is 48.5 Å². The number of nitro benzene ring substituents is 1. The van der Waals surface area contributed by atoms with Gasteiger partial charge in [-0.05, 0) is 25.1 Å². The van der Waals surface area contributed by atoms with Gasteiger partial charge in [0.05, 0.1) is 18.1 Å². The second-order valence-corrected chi connectivity index (χ2v) is 5.14. The molecular formula is C17H18N2O4. The number of benzene rings is 2. The van der Waals surface area contributed by atoms with Gasteiger partial charge in [0, 0.05) is 30.3 Å². The van der Waals surface area contributed by atoms with Crippen molar-refractivity contribution in [2.45, 2.75) is 13.0 Å². The molecule has 1 amide bonds. The van der Waals surface area contributed by atoms with Gasteiger partial charge in [0.15, 0.2) is 0 Å². The Labute approximate surface area is 134 Å². The molecule has 0 saturated carbocycles. The van der Waals surface area contributed by atoms with E-state index in [4.69, 9.17) is 4.74 Å². The van der Waals surface area contributed by atoms with Gasteiger partial charge in [-0.25, -0.2) is 0 Å². The van der Waals surface area contributed by atoms with E-state index >= 15 is 0 Å². The van der Waals surface area contributed by atoms with Crippen LogP contribution in [0.5, 0.6) is 5.75 Å². The Morgan fingerprint density at radius 1 is 1.17 bits per heavy atom. The first-order valence-corrected chi connectivity index (χ1v) is 7.10. The molecule has 0 aliphatic rings. The van der Waals surface area contributed by atoms with E-state index in [0.29, 0.717) is 11.3 Å². The molecule has 2 aromatic rings. The fourth-order valence-electron chi connectivity index (χ4n) is 2.33. The van der Waals surface area contributed by atoms with Crippen LogP contribution < -0.4 is 4.74 Å². The first-order chi connectivity index (χ1) is 11.0. The fraction of sp³-hybridized carbons (Fsp3) is 0.235. The Balaban J connectivity index is 2.23. The highest BCUT2D eigenvalue weighted by Crippen LogP contribution is 2.29.